The summed E-state index contributed by atoms with van der Waals surface area (Å²) >= 11 is 0. The number of esters is 1. The summed E-state index contributed by atoms with van der Waals surface area (Å²) in [5, 5.41) is 11.2. The molecule has 1 atom stereocenters. The minimum atomic E-state index is -1.06. The van der Waals surface area contributed by atoms with Gasteiger partial charge in [-0.2, -0.15) is 0 Å². The molecule has 0 fully saturated rings. The van der Waals surface area contributed by atoms with Gasteiger partial charge < -0.3 is 19.1 Å². The van der Waals surface area contributed by atoms with Crippen molar-refractivity contribution in [1.82, 2.24) is 4.90 Å². The van der Waals surface area contributed by atoms with Gasteiger partial charge in [-0.15, -0.1) is 0 Å². The number of carbonyl (C=O) groups excluding carboxylic acids is 2. The normalized spacial score (nSPS) is 13.9. The average molecular weight is 324 g/mol. The largest absolute Gasteiger partial charge is 0.486 e. The molecule has 1 heterocycles. The lowest BCUT2D eigenvalue weighted by Gasteiger charge is -2.20. The molecule has 0 N–H and O–H groups in total. The molecule has 0 aliphatic carbocycles. The number of carbonyl (C=O) groups is 2. The highest BCUT2D eigenvalue weighted by molar-refractivity contribution is 5.96. The van der Waals surface area contributed by atoms with Crippen LogP contribution in [0, 0.1) is 10.1 Å². The van der Waals surface area contributed by atoms with E-state index >= 15 is 0 Å². The minimum absolute atomic E-state index is 0.192. The van der Waals surface area contributed by atoms with E-state index in [1.54, 1.807) is 0 Å². The van der Waals surface area contributed by atoms with Gasteiger partial charge in [-0.25, -0.2) is 4.79 Å². The summed E-state index contributed by atoms with van der Waals surface area (Å²) in [5.74, 6) is -0.993. The summed E-state index contributed by atoms with van der Waals surface area (Å²) in [4.78, 5) is 35.6. The van der Waals surface area contributed by atoms with E-state index in [0.717, 1.165) is 6.07 Å². The first-order valence-electron chi connectivity index (χ1n) is 6.81. The fourth-order valence-electron chi connectivity index (χ4n) is 2.03. The summed E-state index contributed by atoms with van der Waals surface area (Å²) in [6.45, 7) is 1.93. The molecule has 0 radical (unpaired) electrons. The number of benzene rings is 1. The number of nitro benzene ring substituents is 1. The lowest BCUT2D eigenvalue weighted by atomic mass is 10.1. The fourth-order valence-corrected chi connectivity index (χ4v) is 2.03. The number of hydrogen-bond donors (Lipinski definition) is 0. The van der Waals surface area contributed by atoms with Gasteiger partial charge in [0.05, 0.1) is 11.0 Å². The molecule has 0 bridgehead atoms. The zero-order valence-corrected chi connectivity index (χ0v) is 12.9. The number of fused-ring (bicyclic) bond motifs is 1. The van der Waals surface area contributed by atoms with E-state index in [4.69, 9.17) is 14.2 Å². The third kappa shape index (κ3) is 3.50. The van der Waals surface area contributed by atoms with E-state index in [1.165, 1.54) is 32.0 Å². The third-order valence-electron chi connectivity index (χ3n) is 3.15. The molecule has 0 saturated heterocycles. The van der Waals surface area contributed by atoms with E-state index in [1.807, 2.05) is 0 Å². The first-order chi connectivity index (χ1) is 10.8. The number of rotatable bonds is 4. The number of likely N-dealkylation sites (N-methyl/N-ethyl adjacent to an activating group) is 1. The molecule has 124 valence electrons. The Morgan fingerprint density at radius 1 is 1.26 bits per heavy atom. The third-order valence-corrected chi connectivity index (χ3v) is 3.15. The van der Waals surface area contributed by atoms with Gasteiger partial charge >= 0.3 is 5.97 Å². The van der Waals surface area contributed by atoms with E-state index < -0.39 is 28.6 Å². The maximum absolute atomic E-state index is 12.2. The van der Waals surface area contributed by atoms with Crippen molar-refractivity contribution in [2.24, 2.45) is 0 Å². The van der Waals surface area contributed by atoms with E-state index in [0.29, 0.717) is 0 Å². The summed E-state index contributed by atoms with van der Waals surface area (Å²) in [6.07, 6.45) is -1.06. The first-order valence-corrected chi connectivity index (χ1v) is 6.81. The zero-order chi connectivity index (χ0) is 17.1. The number of amides is 1. The molecule has 1 aromatic rings. The quantitative estimate of drug-likeness (QED) is 0.462. The highest BCUT2D eigenvalue weighted by Gasteiger charge is 2.29. The highest BCUT2D eigenvalue weighted by atomic mass is 16.6. The van der Waals surface area contributed by atoms with Crippen molar-refractivity contribution < 1.29 is 28.7 Å². The molecule has 0 saturated carbocycles. The Morgan fingerprint density at radius 2 is 1.83 bits per heavy atom. The molecule has 0 aromatic heterocycles. The van der Waals surface area contributed by atoms with Crippen LogP contribution < -0.4 is 9.47 Å². The summed E-state index contributed by atoms with van der Waals surface area (Å²) in [6, 6.07) is 2.31. The van der Waals surface area contributed by atoms with Crippen LogP contribution in [0.1, 0.15) is 17.3 Å². The van der Waals surface area contributed by atoms with Gasteiger partial charge in [-0.3, -0.25) is 14.9 Å². The van der Waals surface area contributed by atoms with Gasteiger partial charge in [0.25, 0.3) is 11.6 Å². The monoisotopic (exact) mass is 324 g/mol. The van der Waals surface area contributed by atoms with Crippen molar-refractivity contribution in [2.45, 2.75) is 13.0 Å². The van der Waals surface area contributed by atoms with Crippen LogP contribution in [0.4, 0.5) is 5.69 Å². The van der Waals surface area contributed by atoms with E-state index in [2.05, 4.69) is 0 Å². The van der Waals surface area contributed by atoms with Gasteiger partial charge in [-0.05, 0) is 6.92 Å². The van der Waals surface area contributed by atoms with Gasteiger partial charge in [-0.1, -0.05) is 0 Å². The number of nitro groups is 1. The van der Waals surface area contributed by atoms with Crippen molar-refractivity contribution in [1.29, 1.82) is 0 Å². The van der Waals surface area contributed by atoms with Crippen molar-refractivity contribution >= 4 is 17.6 Å². The van der Waals surface area contributed by atoms with Crippen molar-refractivity contribution in [3.05, 3.63) is 27.8 Å². The Hall–Kier alpha value is -2.84. The number of ether oxygens (including phenoxy) is 3. The van der Waals surface area contributed by atoms with E-state index in [-0.39, 0.29) is 30.3 Å². The van der Waals surface area contributed by atoms with Crippen molar-refractivity contribution in [3.8, 4) is 11.5 Å². The molecule has 1 aliphatic rings. The van der Waals surface area contributed by atoms with Gasteiger partial charge in [0.15, 0.2) is 17.6 Å². The molecule has 2 rings (SSSR count). The number of nitrogens with zero attached hydrogens (tertiary/aromatic N) is 2. The van der Waals surface area contributed by atoms with Crippen LogP contribution in [0.25, 0.3) is 0 Å². The predicted octanol–water partition coefficient (Wildman–Crippen LogP) is 0.999. The second kappa shape index (κ2) is 6.51. The molecule has 9 heteroatoms. The smallest absolute Gasteiger partial charge is 0.346 e. The lowest BCUT2D eigenvalue weighted by molar-refractivity contribution is -0.385. The summed E-state index contributed by atoms with van der Waals surface area (Å²) in [7, 11) is 3.03. The summed E-state index contributed by atoms with van der Waals surface area (Å²) < 4.78 is 15.6. The van der Waals surface area contributed by atoms with Crippen LogP contribution in [0.3, 0.4) is 0 Å². The molecular formula is C14H16N2O7. The zero-order valence-electron chi connectivity index (χ0n) is 12.9. The van der Waals surface area contributed by atoms with Gasteiger partial charge in [0, 0.05) is 20.2 Å². The maximum atomic E-state index is 12.2. The summed E-state index contributed by atoms with van der Waals surface area (Å²) in [5.41, 5.74) is -0.763. The van der Waals surface area contributed by atoms with Crippen LogP contribution in [-0.4, -0.2) is 55.1 Å². The van der Waals surface area contributed by atoms with Crippen LogP contribution in [0.5, 0.6) is 11.5 Å². The molecule has 9 nitrogen and oxygen atoms in total. The SMILES string of the molecule is C[C@@H](OC(=O)c1cc2c(cc1[N+](=O)[O-])OCCO2)C(=O)N(C)C. The maximum Gasteiger partial charge on any atom is 0.346 e. The Kier molecular flexibility index (Phi) is 4.68. The van der Waals surface area contributed by atoms with E-state index in [9.17, 15) is 19.7 Å². The Morgan fingerprint density at radius 3 is 2.35 bits per heavy atom. The van der Waals surface area contributed by atoms with Crippen LogP contribution in [0.2, 0.25) is 0 Å². The second-order valence-corrected chi connectivity index (χ2v) is 5.05. The average Bonchev–Trinajstić information content (AvgIpc) is 2.52. The van der Waals surface area contributed by atoms with Gasteiger partial charge in [0.2, 0.25) is 0 Å². The first kappa shape index (κ1) is 16.5. The molecule has 1 amide bonds. The molecule has 0 spiro atoms. The van der Waals surface area contributed by atoms with Crippen molar-refractivity contribution in [3.63, 3.8) is 0 Å². The lowest BCUT2D eigenvalue weighted by Crippen LogP contribution is -2.35. The Balaban J connectivity index is 2.32. The fraction of sp³-hybridized carbons (Fsp3) is 0.429. The predicted molar refractivity (Wildman–Crippen MR) is 77.7 cm³/mol. The molecular weight excluding hydrogens is 308 g/mol. The molecule has 1 aromatic carbocycles. The Bertz CT molecular complexity index is 657. The molecule has 23 heavy (non-hydrogen) atoms. The van der Waals surface area contributed by atoms with Crippen LogP contribution >= 0.6 is 0 Å². The van der Waals surface area contributed by atoms with Gasteiger partial charge in [0.1, 0.15) is 18.8 Å². The highest BCUT2D eigenvalue weighted by Crippen LogP contribution is 2.36. The van der Waals surface area contributed by atoms with Crippen LogP contribution in [0.15, 0.2) is 12.1 Å². The topological polar surface area (TPSA) is 108 Å². The van der Waals surface area contributed by atoms with Crippen molar-refractivity contribution in [2.75, 3.05) is 27.3 Å². The Labute approximate surface area is 131 Å². The standard InChI is InChI=1S/C14H16N2O7/c1-8(13(17)15(2)3)23-14(18)9-6-11-12(22-5-4-21-11)7-10(9)16(19)20/h6-8H,4-5H2,1-3H3/t8-/m1/s1. The number of hydrogen-bond acceptors (Lipinski definition) is 7. The van der Waals surface area contributed by atoms with Crippen LogP contribution in [-0.2, 0) is 9.53 Å². The molecule has 0 unspecified atom stereocenters. The minimum Gasteiger partial charge on any atom is -0.486 e. The molecule has 1 aliphatic heterocycles. The second-order valence-electron chi connectivity index (χ2n) is 5.05.